The van der Waals surface area contributed by atoms with Gasteiger partial charge >= 0.3 is 0 Å². The zero-order chi connectivity index (χ0) is 13.8. The standard InChI is InChI=1S/C12H19ClN2O2S/c1-12(2,3)18(16)15-10(8-17-4)9-5-6-14-11(13)7-9/h5-7,10,15H,8H2,1-4H3/t10-,18+/m0/s1. The van der Waals surface area contributed by atoms with E-state index in [-0.39, 0.29) is 10.8 Å². The monoisotopic (exact) mass is 290 g/mol. The van der Waals surface area contributed by atoms with Crippen molar-refractivity contribution in [3.63, 3.8) is 0 Å². The molecule has 0 aliphatic heterocycles. The second-order valence-electron chi connectivity index (χ2n) is 4.92. The number of aromatic nitrogens is 1. The Morgan fingerprint density at radius 3 is 2.72 bits per heavy atom. The molecule has 0 saturated heterocycles. The van der Waals surface area contributed by atoms with E-state index in [1.165, 1.54) is 0 Å². The van der Waals surface area contributed by atoms with Gasteiger partial charge in [-0.25, -0.2) is 13.9 Å². The number of halogens is 1. The summed E-state index contributed by atoms with van der Waals surface area (Å²) in [5.41, 5.74) is 0.912. The number of nitrogens with zero attached hydrogens (tertiary/aromatic N) is 1. The summed E-state index contributed by atoms with van der Waals surface area (Å²) in [4.78, 5) is 3.93. The molecule has 0 aromatic carbocycles. The largest absolute Gasteiger partial charge is 0.383 e. The van der Waals surface area contributed by atoms with Gasteiger partial charge < -0.3 is 4.74 Å². The van der Waals surface area contributed by atoms with Crippen molar-refractivity contribution in [3.8, 4) is 0 Å². The van der Waals surface area contributed by atoms with Crippen molar-refractivity contribution in [1.82, 2.24) is 9.71 Å². The number of hydrogen-bond acceptors (Lipinski definition) is 3. The van der Waals surface area contributed by atoms with Crippen molar-refractivity contribution in [1.29, 1.82) is 0 Å². The van der Waals surface area contributed by atoms with Gasteiger partial charge in [0.05, 0.1) is 28.4 Å². The summed E-state index contributed by atoms with van der Waals surface area (Å²) in [6.07, 6.45) is 1.63. The Labute approximate surface area is 116 Å². The van der Waals surface area contributed by atoms with Crippen LogP contribution >= 0.6 is 11.6 Å². The van der Waals surface area contributed by atoms with Crippen molar-refractivity contribution < 1.29 is 8.95 Å². The van der Waals surface area contributed by atoms with Gasteiger partial charge in [-0.2, -0.15) is 0 Å². The third kappa shape index (κ3) is 4.65. The van der Waals surface area contributed by atoms with Crippen molar-refractivity contribution in [3.05, 3.63) is 29.0 Å². The lowest BCUT2D eigenvalue weighted by molar-refractivity contribution is 0.176. The molecule has 0 aliphatic carbocycles. The van der Waals surface area contributed by atoms with Gasteiger partial charge in [-0.1, -0.05) is 11.6 Å². The van der Waals surface area contributed by atoms with Gasteiger partial charge in [0.2, 0.25) is 0 Å². The molecule has 1 N–H and O–H groups in total. The molecule has 0 unspecified atom stereocenters. The topological polar surface area (TPSA) is 51.2 Å². The van der Waals surface area contributed by atoms with E-state index < -0.39 is 11.0 Å². The van der Waals surface area contributed by atoms with E-state index >= 15 is 0 Å². The van der Waals surface area contributed by atoms with E-state index in [0.717, 1.165) is 5.56 Å². The van der Waals surface area contributed by atoms with E-state index in [9.17, 15) is 4.21 Å². The molecule has 102 valence electrons. The number of ether oxygens (including phenoxy) is 1. The van der Waals surface area contributed by atoms with Crippen molar-refractivity contribution in [2.45, 2.75) is 31.6 Å². The lowest BCUT2D eigenvalue weighted by Crippen LogP contribution is -2.37. The second kappa shape index (κ2) is 6.61. The summed E-state index contributed by atoms with van der Waals surface area (Å²) in [5, 5.41) is 0.414. The van der Waals surface area contributed by atoms with Gasteiger partial charge in [-0.15, -0.1) is 0 Å². The van der Waals surface area contributed by atoms with Crippen LogP contribution in [0.15, 0.2) is 18.3 Å². The summed E-state index contributed by atoms with van der Waals surface area (Å²) in [5.74, 6) is 0. The number of hydrogen-bond donors (Lipinski definition) is 1. The van der Waals surface area contributed by atoms with Crippen LogP contribution in [-0.4, -0.2) is 27.7 Å². The highest BCUT2D eigenvalue weighted by atomic mass is 35.5. The molecular formula is C12H19ClN2O2S. The normalized spacial score (nSPS) is 15.4. The highest BCUT2D eigenvalue weighted by Gasteiger charge is 2.23. The zero-order valence-electron chi connectivity index (χ0n) is 11.1. The Bertz CT molecular complexity index is 421. The van der Waals surface area contributed by atoms with Gasteiger partial charge in [0.15, 0.2) is 0 Å². The van der Waals surface area contributed by atoms with Crippen LogP contribution in [0.5, 0.6) is 0 Å². The number of methoxy groups -OCH3 is 1. The Balaban J connectivity index is 2.87. The first kappa shape index (κ1) is 15.6. The predicted molar refractivity (Wildman–Crippen MR) is 74.9 cm³/mol. The van der Waals surface area contributed by atoms with Crippen LogP contribution in [0, 0.1) is 0 Å². The minimum Gasteiger partial charge on any atom is -0.383 e. The summed E-state index contributed by atoms with van der Waals surface area (Å²) >= 11 is 5.86. The average Bonchev–Trinajstić information content (AvgIpc) is 2.27. The van der Waals surface area contributed by atoms with Crippen LogP contribution < -0.4 is 4.72 Å². The molecule has 0 fully saturated rings. The molecule has 1 aromatic heterocycles. The van der Waals surface area contributed by atoms with E-state index in [2.05, 4.69) is 9.71 Å². The number of pyridine rings is 1. The van der Waals surface area contributed by atoms with E-state index in [1.807, 2.05) is 26.8 Å². The first-order chi connectivity index (χ1) is 8.34. The Morgan fingerprint density at radius 2 is 2.22 bits per heavy atom. The molecular weight excluding hydrogens is 272 g/mol. The summed E-state index contributed by atoms with van der Waals surface area (Å²) in [6, 6.07) is 3.41. The van der Waals surface area contributed by atoms with Gasteiger partial charge in [0, 0.05) is 13.3 Å². The van der Waals surface area contributed by atoms with Crippen LogP contribution in [0.3, 0.4) is 0 Å². The first-order valence-corrected chi connectivity index (χ1v) is 7.16. The third-order valence-electron chi connectivity index (χ3n) is 2.29. The molecule has 1 heterocycles. The van der Waals surface area contributed by atoms with E-state index in [0.29, 0.717) is 11.8 Å². The number of rotatable bonds is 5. The van der Waals surface area contributed by atoms with E-state index in [4.69, 9.17) is 16.3 Å². The number of nitrogens with one attached hydrogen (secondary N) is 1. The Kier molecular flexibility index (Phi) is 5.72. The summed E-state index contributed by atoms with van der Waals surface area (Å²) < 4.78 is 20.0. The van der Waals surface area contributed by atoms with Crippen LogP contribution in [0.4, 0.5) is 0 Å². The minimum atomic E-state index is -1.17. The van der Waals surface area contributed by atoms with Crippen LogP contribution in [0.1, 0.15) is 32.4 Å². The predicted octanol–water partition coefficient (Wildman–Crippen LogP) is 2.47. The molecule has 4 nitrogen and oxygen atoms in total. The fourth-order valence-electron chi connectivity index (χ4n) is 1.31. The maximum Gasteiger partial charge on any atom is 0.129 e. The second-order valence-corrected chi connectivity index (χ2v) is 7.30. The lowest BCUT2D eigenvalue weighted by atomic mass is 10.1. The molecule has 0 bridgehead atoms. The fourth-order valence-corrected chi connectivity index (χ4v) is 2.30. The van der Waals surface area contributed by atoms with Gasteiger partial charge in [0.1, 0.15) is 5.15 Å². The minimum absolute atomic E-state index is 0.171. The van der Waals surface area contributed by atoms with Crippen LogP contribution in [-0.2, 0) is 15.7 Å². The van der Waals surface area contributed by atoms with Gasteiger partial charge in [0.25, 0.3) is 0 Å². The molecule has 0 radical (unpaired) electrons. The fraction of sp³-hybridized carbons (Fsp3) is 0.583. The molecule has 6 heteroatoms. The molecule has 0 saturated carbocycles. The van der Waals surface area contributed by atoms with Crippen LogP contribution in [0.2, 0.25) is 5.15 Å². The summed E-state index contributed by atoms with van der Waals surface area (Å²) in [7, 11) is 0.439. The van der Waals surface area contributed by atoms with Gasteiger partial charge in [-0.3, -0.25) is 0 Å². The SMILES string of the molecule is COC[C@H](N[S@](=O)C(C)(C)C)c1ccnc(Cl)c1. The molecule has 0 spiro atoms. The third-order valence-corrected chi connectivity index (χ3v) is 4.11. The molecule has 18 heavy (non-hydrogen) atoms. The summed E-state index contributed by atoms with van der Waals surface area (Å²) in [6.45, 7) is 6.17. The molecule has 0 aliphatic rings. The quantitative estimate of drug-likeness (QED) is 0.848. The molecule has 0 amide bonds. The maximum absolute atomic E-state index is 12.1. The highest BCUT2D eigenvalue weighted by Crippen LogP contribution is 2.19. The van der Waals surface area contributed by atoms with Crippen molar-refractivity contribution in [2.75, 3.05) is 13.7 Å². The smallest absolute Gasteiger partial charge is 0.129 e. The first-order valence-electron chi connectivity index (χ1n) is 5.63. The average molecular weight is 291 g/mol. The Hall–Kier alpha value is -0.490. The van der Waals surface area contributed by atoms with Gasteiger partial charge in [-0.05, 0) is 38.5 Å². The molecule has 1 rings (SSSR count). The van der Waals surface area contributed by atoms with Crippen molar-refractivity contribution >= 4 is 22.6 Å². The lowest BCUT2D eigenvalue weighted by Gasteiger charge is -2.24. The maximum atomic E-state index is 12.1. The highest BCUT2D eigenvalue weighted by molar-refractivity contribution is 7.84. The zero-order valence-corrected chi connectivity index (χ0v) is 12.6. The van der Waals surface area contributed by atoms with Crippen molar-refractivity contribution in [2.24, 2.45) is 0 Å². The molecule has 1 aromatic rings. The van der Waals surface area contributed by atoms with Crippen LogP contribution in [0.25, 0.3) is 0 Å². The Morgan fingerprint density at radius 1 is 1.56 bits per heavy atom. The van der Waals surface area contributed by atoms with E-state index in [1.54, 1.807) is 19.4 Å². The molecule has 2 atom stereocenters.